The first-order valence-corrected chi connectivity index (χ1v) is 7.67. The van der Waals surface area contributed by atoms with Crippen molar-refractivity contribution < 1.29 is 17.6 Å². The minimum Gasteiger partial charge on any atom is -0.294 e. The standard InChI is InChI=1S/C13H17FO3S/c1-3-18(16,17)6-4-5-13(15)11-7-10(2)8-12(14)9-11/h7-9H,3-6H2,1-2H3. The van der Waals surface area contributed by atoms with Crippen LogP contribution in [0.15, 0.2) is 18.2 Å². The lowest BCUT2D eigenvalue weighted by molar-refractivity contribution is 0.0981. The van der Waals surface area contributed by atoms with E-state index in [1.807, 2.05) is 0 Å². The van der Waals surface area contributed by atoms with Crippen molar-refractivity contribution in [3.63, 3.8) is 0 Å². The van der Waals surface area contributed by atoms with Gasteiger partial charge in [0.15, 0.2) is 5.78 Å². The molecule has 0 bridgehead atoms. The first-order valence-electron chi connectivity index (χ1n) is 5.85. The molecular weight excluding hydrogens is 255 g/mol. The maximum Gasteiger partial charge on any atom is 0.163 e. The zero-order valence-electron chi connectivity index (χ0n) is 10.6. The van der Waals surface area contributed by atoms with Gasteiger partial charge in [-0.1, -0.05) is 6.92 Å². The summed E-state index contributed by atoms with van der Waals surface area (Å²) in [5.41, 5.74) is 0.987. The van der Waals surface area contributed by atoms with Crippen LogP contribution in [0.4, 0.5) is 4.39 Å². The van der Waals surface area contributed by atoms with Crippen molar-refractivity contribution in [3.8, 4) is 0 Å². The number of carbonyl (C=O) groups is 1. The van der Waals surface area contributed by atoms with Crippen LogP contribution < -0.4 is 0 Å². The van der Waals surface area contributed by atoms with E-state index in [9.17, 15) is 17.6 Å². The average molecular weight is 272 g/mol. The molecule has 0 aliphatic rings. The maximum atomic E-state index is 13.1. The van der Waals surface area contributed by atoms with Crippen LogP contribution >= 0.6 is 0 Å². The van der Waals surface area contributed by atoms with Gasteiger partial charge in [-0.25, -0.2) is 12.8 Å². The van der Waals surface area contributed by atoms with E-state index in [2.05, 4.69) is 0 Å². The lowest BCUT2D eigenvalue weighted by atomic mass is 10.0. The van der Waals surface area contributed by atoms with Crippen LogP contribution in [0.25, 0.3) is 0 Å². The third-order valence-corrected chi connectivity index (χ3v) is 4.45. The molecule has 18 heavy (non-hydrogen) atoms. The fraction of sp³-hybridized carbons (Fsp3) is 0.462. The fourth-order valence-corrected chi connectivity index (χ4v) is 2.51. The molecule has 0 spiro atoms. The van der Waals surface area contributed by atoms with Gasteiger partial charge >= 0.3 is 0 Å². The number of ketones is 1. The second-order valence-corrected chi connectivity index (χ2v) is 6.75. The number of benzene rings is 1. The van der Waals surface area contributed by atoms with E-state index < -0.39 is 15.7 Å². The molecule has 0 aliphatic heterocycles. The predicted molar refractivity (Wildman–Crippen MR) is 69.0 cm³/mol. The summed E-state index contributed by atoms with van der Waals surface area (Å²) in [6.07, 6.45) is 0.409. The summed E-state index contributed by atoms with van der Waals surface area (Å²) < 4.78 is 35.6. The van der Waals surface area contributed by atoms with Crippen molar-refractivity contribution in [2.75, 3.05) is 11.5 Å². The molecule has 0 saturated carbocycles. The molecule has 1 rings (SSSR count). The molecule has 0 radical (unpaired) electrons. The number of hydrogen-bond donors (Lipinski definition) is 0. The number of hydrogen-bond acceptors (Lipinski definition) is 3. The summed E-state index contributed by atoms with van der Waals surface area (Å²) in [7, 11) is -3.04. The summed E-state index contributed by atoms with van der Waals surface area (Å²) in [5.74, 6) is -0.576. The smallest absolute Gasteiger partial charge is 0.163 e. The van der Waals surface area contributed by atoms with E-state index in [1.54, 1.807) is 19.9 Å². The van der Waals surface area contributed by atoms with Gasteiger partial charge in [-0.15, -0.1) is 0 Å². The van der Waals surface area contributed by atoms with Gasteiger partial charge in [0, 0.05) is 17.7 Å². The lowest BCUT2D eigenvalue weighted by Gasteiger charge is -2.03. The Bertz CT molecular complexity index is 515. The van der Waals surface area contributed by atoms with Crippen LogP contribution in [-0.2, 0) is 9.84 Å². The Morgan fingerprint density at radius 1 is 1.28 bits per heavy atom. The lowest BCUT2D eigenvalue weighted by Crippen LogP contribution is -2.10. The normalized spacial score (nSPS) is 11.5. The van der Waals surface area contributed by atoms with Crippen molar-refractivity contribution >= 4 is 15.6 Å². The molecule has 0 unspecified atom stereocenters. The van der Waals surface area contributed by atoms with E-state index in [0.29, 0.717) is 11.1 Å². The van der Waals surface area contributed by atoms with Gasteiger partial charge in [0.05, 0.1) is 5.75 Å². The molecule has 0 aromatic heterocycles. The summed E-state index contributed by atoms with van der Waals surface area (Å²) in [6, 6.07) is 4.14. The van der Waals surface area contributed by atoms with Gasteiger partial charge in [0.25, 0.3) is 0 Å². The SMILES string of the molecule is CCS(=O)(=O)CCCC(=O)c1cc(C)cc(F)c1. The first-order chi connectivity index (χ1) is 8.34. The van der Waals surface area contributed by atoms with Crippen molar-refractivity contribution in [2.24, 2.45) is 0 Å². The van der Waals surface area contributed by atoms with Crippen LogP contribution in [0.5, 0.6) is 0 Å². The van der Waals surface area contributed by atoms with Gasteiger partial charge in [0.2, 0.25) is 0 Å². The van der Waals surface area contributed by atoms with Crippen LogP contribution in [0.3, 0.4) is 0 Å². The van der Waals surface area contributed by atoms with Crippen LogP contribution in [0.1, 0.15) is 35.7 Å². The Morgan fingerprint density at radius 3 is 2.50 bits per heavy atom. The monoisotopic (exact) mass is 272 g/mol. The van der Waals surface area contributed by atoms with Crippen molar-refractivity contribution in [3.05, 3.63) is 35.1 Å². The number of halogens is 1. The molecule has 1 aromatic carbocycles. The zero-order chi connectivity index (χ0) is 13.8. The zero-order valence-corrected chi connectivity index (χ0v) is 11.4. The van der Waals surface area contributed by atoms with Crippen molar-refractivity contribution in [1.82, 2.24) is 0 Å². The number of rotatable bonds is 6. The summed E-state index contributed by atoms with van der Waals surface area (Å²) in [5, 5.41) is 0. The Morgan fingerprint density at radius 2 is 1.94 bits per heavy atom. The van der Waals surface area contributed by atoms with Crippen molar-refractivity contribution in [1.29, 1.82) is 0 Å². The van der Waals surface area contributed by atoms with Crippen LogP contribution in [0.2, 0.25) is 0 Å². The molecule has 0 N–H and O–H groups in total. The molecule has 5 heteroatoms. The number of carbonyl (C=O) groups excluding carboxylic acids is 1. The van der Waals surface area contributed by atoms with Crippen LogP contribution in [0, 0.1) is 12.7 Å². The highest BCUT2D eigenvalue weighted by Crippen LogP contribution is 2.12. The minimum absolute atomic E-state index is 0.00351. The van der Waals surface area contributed by atoms with Gasteiger partial charge < -0.3 is 0 Å². The topological polar surface area (TPSA) is 51.2 Å². The Labute approximate surface area is 107 Å². The quantitative estimate of drug-likeness (QED) is 0.748. The van der Waals surface area contributed by atoms with E-state index in [-0.39, 0.29) is 30.1 Å². The minimum atomic E-state index is -3.04. The fourth-order valence-electron chi connectivity index (χ4n) is 1.64. The predicted octanol–water partition coefficient (Wildman–Crippen LogP) is 2.53. The van der Waals surface area contributed by atoms with Crippen molar-refractivity contribution in [2.45, 2.75) is 26.7 Å². The van der Waals surface area contributed by atoms with E-state index >= 15 is 0 Å². The third kappa shape index (κ3) is 4.56. The third-order valence-electron chi connectivity index (χ3n) is 2.66. The molecule has 0 fully saturated rings. The average Bonchev–Trinajstić information content (AvgIpc) is 2.27. The molecule has 1 aromatic rings. The molecule has 0 heterocycles. The van der Waals surface area contributed by atoms with Gasteiger partial charge in [-0.05, 0) is 37.1 Å². The highest BCUT2D eigenvalue weighted by Gasteiger charge is 2.11. The highest BCUT2D eigenvalue weighted by molar-refractivity contribution is 7.91. The van der Waals surface area contributed by atoms with E-state index in [0.717, 1.165) is 0 Å². The summed E-state index contributed by atoms with van der Waals surface area (Å²) in [6.45, 7) is 3.29. The highest BCUT2D eigenvalue weighted by atomic mass is 32.2. The second-order valence-electron chi connectivity index (χ2n) is 4.28. The second kappa shape index (κ2) is 6.09. The summed E-state index contributed by atoms with van der Waals surface area (Å²) >= 11 is 0. The largest absolute Gasteiger partial charge is 0.294 e. The molecule has 0 aliphatic carbocycles. The van der Waals surface area contributed by atoms with Gasteiger partial charge in [-0.2, -0.15) is 0 Å². The molecule has 0 saturated heterocycles. The Hall–Kier alpha value is -1.23. The Balaban J connectivity index is 2.61. The van der Waals surface area contributed by atoms with E-state index in [4.69, 9.17) is 0 Å². The number of Topliss-reactive ketones (excluding diaryl/α,β-unsaturated/α-hetero) is 1. The number of aryl methyl sites for hydroxylation is 1. The molecule has 0 amide bonds. The number of sulfone groups is 1. The molecule has 0 atom stereocenters. The van der Waals surface area contributed by atoms with Gasteiger partial charge in [-0.3, -0.25) is 4.79 Å². The van der Waals surface area contributed by atoms with E-state index in [1.165, 1.54) is 12.1 Å². The first kappa shape index (κ1) is 14.8. The molecule has 3 nitrogen and oxygen atoms in total. The molecule has 100 valence electrons. The Kier molecular flexibility index (Phi) is 5.02. The summed E-state index contributed by atoms with van der Waals surface area (Å²) in [4.78, 5) is 11.8. The maximum absolute atomic E-state index is 13.1. The van der Waals surface area contributed by atoms with Crippen LogP contribution in [-0.4, -0.2) is 25.7 Å². The van der Waals surface area contributed by atoms with Gasteiger partial charge in [0.1, 0.15) is 15.7 Å². The molecular formula is C13H17FO3S.